The predicted octanol–water partition coefficient (Wildman–Crippen LogP) is 3.96. The van der Waals surface area contributed by atoms with E-state index in [2.05, 4.69) is 0 Å². The molecule has 0 spiro atoms. The first-order chi connectivity index (χ1) is 8.74. The molecule has 4 heteroatoms. The molecule has 1 fully saturated rings. The number of amides is 1. The molecule has 1 aliphatic rings. The van der Waals surface area contributed by atoms with Gasteiger partial charge in [-0.1, -0.05) is 23.7 Å². The Morgan fingerprint density at radius 2 is 2.06 bits per heavy atom. The van der Waals surface area contributed by atoms with Gasteiger partial charge in [0.15, 0.2) is 0 Å². The van der Waals surface area contributed by atoms with Crippen LogP contribution in [0.1, 0.15) is 36.0 Å². The highest BCUT2D eigenvalue weighted by atomic mass is 35.5. The summed E-state index contributed by atoms with van der Waals surface area (Å²) in [6.45, 7) is 0.720. The molecule has 1 saturated carbocycles. The number of rotatable bonds is 5. The zero-order valence-corrected chi connectivity index (χ0v) is 11.8. The lowest BCUT2D eigenvalue weighted by molar-refractivity contribution is 0.0581. The van der Waals surface area contributed by atoms with Crippen LogP contribution < -0.4 is 0 Å². The standard InChI is InChI=1S/C14H17Cl2NO/c15-9-4-10-17(11-5-3-6-11)14(18)12-7-1-2-8-13(12)16/h1-2,7-8,11H,3-6,9-10H2. The van der Waals surface area contributed by atoms with Crippen molar-refractivity contribution in [3.8, 4) is 0 Å². The number of hydrogen-bond acceptors (Lipinski definition) is 1. The van der Waals surface area contributed by atoms with Gasteiger partial charge < -0.3 is 4.90 Å². The fraction of sp³-hybridized carbons (Fsp3) is 0.500. The Balaban J connectivity index is 2.14. The minimum absolute atomic E-state index is 0.0374. The molecule has 0 atom stereocenters. The Kier molecular flexibility index (Phi) is 4.90. The van der Waals surface area contributed by atoms with Crippen molar-refractivity contribution in [2.75, 3.05) is 12.4 Å². The first-order valence-electron chi connectivity index (χ1n) is 6.35. The second-order valence-electron chi connectivity index (χ2n) is 4.61. The number of carbonyl (C=O) groups excluding carboxylic acids is 1. The monoisotopic (exact) mass is 285 g/mol. The smallest absolute Gasteiger partial charge is 0.255 e. The van der Waals surface area contributed by atoms with E-state index in [1.165, 1.54) is 6.42 Å². The van der Waals surface area contributed by atoms with E-state index in [-0.39, 0.29) is 5.91 Å². The second-order valence-corrected chi connectivity index (χ2v) is 5.39. The van der Waals surface area contributed by atoms with Gasteiger partial charge in [0.05, 0.1) is 10.6 Å². The third-order valence-electron chi connectivity index (χ3n) is 3.41. The molecule has 98 valence electrons. The van der Waals surface area contributed by atoms with Crippen LogP contribution in [-0.4, -0.2) is 29.3 Å². The summed E-state index contributed by atoms with van der Waals surface area (Å²) in [6.07, 6.45) is 4.23. The summed E-state index contributed by atoms with van der Waals surface area (Å²) in [5.74, 6) is 0.620. The molecule has 1 aromatic rings. The van der Waals surface area contributed by atoms with Crippen LogP contribution in [0, 0.1) is 0 Å². The van der Waals surface area contributed by atoms with Gasteiger partial charge in [0.1, 0.15) is 0 Å². The Labute approximate surface area is 118 Å². The van der Waals surface area contributed by atoms with Crippen LogP contribution in [0.15, 0.2) is 24.3 Å². The summed E-state index contributed by atoms with van der Waals surface area (Å²) in [5.41, 5.74) is 0.598. The highest BCUT2D eigenvalue weighted by Crippen LogP contribution is 2.28. The van der Waals surface area contributed by atoms with E-state index >= 15 is 0 Å². The lowest BCUT2D eigenvalue weighted by atomic mass is 9.91. The van der Waals surface area contributed by atoms with Gasteiger partial charge in [-0.15, -0.1) is 11.6 Å². The van der Waals surface area contributed by atoms with Crippen LogP contribution in [0.4, 0.5) is 0 Å². The minimum Gasteiger partial charge on any atom is -0.336 e. The summed E-state index contributed by atoms with van der Waals surface area (Å²) in [6, 6.07) is 7.61. The molecule has 0 aromatic heterocycles. The van der Waals surface area contributed by atoms with Crippen molar-refractivity contribution in [2.45, 2.75) is 31.7 Å². The summed E-state index contributed by atoms with van der Waals surface area (Å²) >= 11 is 11.8. The van der Waals surface area contributed by atoms with Gasteiger partial charge >= 0.3 is 0 Å². The number of halogens is 2. The maximum absolute atomic E-state index is 12.5. The third-order valence-corrected chi connectivity index (χ3v) is 4.01. The average molecular weight is 286 g/mol. The van der Waals surface area contributed by atoms with Crippen molar-refractivity contribution in [3.05, 3.63) is 34.9 Å². The molecule has 1 aliphatic carbocycles. The number of alkyl halides is 1. The lowest BCUT2D eigenvalue weighted by Gasteiger charge is -2.37. The maximum atomic E-state index is 12.5. The Bertz CT molecular complexity index is 418. The van der Waals surface area contributed by atoms with Gasteiger partial charge in [-0.05, 0) is 37.8 Å². The van der Waals surface area contributed by atoms with E-state index in [4.69, 9.17) is 23.2 Å². The highest BCUT2D eigenvalue weighted by molar-refractivity contribution is 6.33. The summed E-state index contributed by atoms with van der Waals surface area (Å²) in [7, 11) is 0. The molecule has 18 heavy (non-hydrogen) atoms. The quantitative estimate of drug-likeness (QED) is 0.750. The molecule has 0 saturated heterocycles. The van der Waals surface area contributed by atoms with E-state index in [9.17, 15) is 4.79 Å². The maximum Gasteiger partial charge on any atom is 0.255 e. The van der Waals surface area contributed by atoms with Gasteiger partial charge in [0.2, 0.25) is 0 Å². The Morgan fingerprint density at radius 3 is 2.61 bits per heavy atom. The topological polar surface area (TPSA) is 20.3 Å². The summed E-state index contributed by atoms with van der Waals surface area (Å²) in [4.78, 5) is 14.4. The molecule has 0 radical (unpaired) electrons. The van der Waals surface area contributed by atoms with Crippen molar-refractivity contribution in [1.29, 1.82) is 0 Å². The van der Waals surface area contributed by atoms with Crippen LogP contribution >= 0.6 is 23.2 Å². The first-order valence-corrected chi connectivity index (χ1v) is 7.26. The van der Waals surface area contributed by atoms with Crippen LogP contribution in [0.2, 0.25) is 5.02 Å². The van der Waals surface area contributed by atoms with Crippen LogP contribution in [-0.2, 0) is 0 Å². The predicted molar refractivity (Wildman–Crippen MR) is 75.5 cm³/mol. The number of benzene rings is 1. The SMILES string of the molecule is O=C(c1ccccc1Cl)N(CCCCl)C1CCC1. The molecule has 0 bridgehead atoms. The Hall–Kier alpha value is -0.730. The third kappa shape index (κ3) is 2.99. The van der Waals surface area contributed by atoms with Gasteiger partial charge in [0.25, 0.3) is 5.91 Å². The van der Waals surface area contributed by atoms with Crippen LogP contribution in [0.5, 0.6) is 0 Å². The van der Waals surface area contributed by atoms with Gasteiger partial charge in [-0.3, -0.25) is 4.79 Å². The zero-order chi connectivity index (χ0) is 13.0. The summed E-state index contributed by atoms with van der Waals surface area (Å²) in [5, 5.41) is 0.526. The number of hydrogen-bond donors (Lipinski definition) is 0. The van der Waals surface area contributed by atoms with E-state index in [1.807, 2.05) is 17.0 Å². The van der Waals surface area contributed by atoms with E-state index in [1.54, 1.807) is 12.1 Å². The average Bonchev–Trinajstić information content (AvgIpc) is 2.32. The van der Waals surface area contributed by atoms with Gasteiger partial charge in [-0.25, -0.2) is 0 Å². The van der Waals surface area contributed by atoms with Crippen molar-refractivity contribution >= 4 is 29.1 Å². The van der Waals surface area contributed by atoms with Crippen molar-refractivity contribution in [2.24, 2.45) is 0 Å². The fourth-order valence-electron chi connectivity index (χ4n) is 2.17. The largest absolute Gasteiger partial charge is 0.336 e. The number of carbonyl (C=O) groups is 1. The van der Waals surface area contributed by atoms with Gasteiger partial charge in [0, 0.05) is 18.5 Å². The van der Waals surface area contributed by atoms with E-state index < -0.39 is 0 Å². The lowest BCUT2D eigenvalue weighted by Crippen LogP contribution is -2.44. The van der Waals surface area contributed by atoms with E-state index in [0.29, 0.717) is 22.5 Å². The van der Waals surface area contributed by atoms with Crippen LogP contribution in [0.25, 0.3) is 0 Å². The molecular weight excluding hydrogens is 269 g/mol. The molecule has 0 unspecified atom stereocenters. The number of nitrogens with zero attached hydrogens (tertiary/aromatic N) is 1. The molecular formula is C14H17Cl2NO. The van der Waals surface area contributed by atoms with E-state index in [0.717, 1.165) is 25.8 Å². The molecule has 0 N–H and O–H groups in total. The Morgan fingerprint density at radius 1 is 1.33 bits per heavy atom. The van der Waals surface area contributed by atoms with Crippen LogP contribution in [0.3, 0.4) is 0 Å². The zero-order valence-electron chi connectivity index (χ0n) is 10.2. The molecule has 1 aromatic carbocycles. The van der Waals surface area contributed by atoms with Crippen molar-refractivity contribution < 1.29 is 4.79 Å². The molecule has 1 amide bonds. The normalized spacial score (nSPS) is 15.2. The van der Waals surface area contributed by atoms with Crippen molar-refractivity contribution in [3.63, 3.8) is 0 Å². The second kappa shape index (κ2) is 6.44. The first kappa shape index (κ1) is 13.7. The fourth-order valence-corrected chi connectivity index (χ4v) is 2.50. The molecule has 2 nitrogen and oxygen atoms in total. The highest BCUT2D eigenvalue weighted by Gasteiger charge is 2.29. The molecule has 0 heterocycles. The molecule has 0 aliphatic heterocycles. The van der Waals surface area contributed by atoms with Gasteiger partial charge in [-0.2, -0.15) is 0 Å². The minimum atomic E-state index is 0.0374. The summed E-state index contributed by atoms with van der Waals surface area (Å²) < 4.78 is 0. The van der Waals surface area contributed by atoms with Crippen molar-refractivity contribution in [1.82, 2.24) is 4.90 Å². The molecule has 2 rings (SSSR count).